The molecule has 1 saturated heterocycles. The highest BCUT2D eigenvalue weighted by Crippen LogP contribution is 2.46. The van der Waals surface area contributed by atoms with Crippen LogP contribution in [0.3, 0.4) is 0 Å². The van der Waals surface area contributed by atoms with Gasteiger partial charge in [-0.05, 0) is 24.7 Å². The van der Waals surface area contributed by atoms with Crippen LogP contribution in [0.25, 0.3) is 0 Å². The van der Waals surface area contributed by atoms with Crippen LogP contribution in [0.5, 0.6) is 0 Å². The Bertz CT molecular complexity index is 929. The lowest BCUT2D eigenvalue weighted by Gasteiger charge is -2.19. The van der Waals surface area contributed by atoms with Crippen molar-refractivity contribution >= 4 is 21.8 Å². The first kappa shape index (κ1) is 18.9. The third kappa shape index (κ3) is 3.29. The molecular formula is C16H21F2N5O2S2. The Morgan fingerprint density at radius 3 is 2.44 bits per heavy atom. The minimum Gasteiger partial charge on any atom is -0.329 e. The zero-order chi connectivity index (χ0) is 19.3. The van der Waals surface area contributed by atoms with E-state index in [2.05, 4.69) is 10.1 Å². The van der Waals surface area contributed by atoms with Gasteiger partial charge in [0.1, 0.15) is 10.6 Å². The van der Waals surface area contributed by atoms with Crippen molar-refractivity contribution in [2.45, 2.75) is 34.6 Å². The van der Waals surface area contributed by atoms with E-state index in [1.54, 1.807) is 18.0 Å². The standard InChI is InChI=1S/C16H21F2N5O2S2/c1-21-4-3-19-16(21)26-12-5-10-8-23(9-11(10)6-12)27(24,25)13-7-20-22(2)14(13)15(17)18/h3-4,7,10-12,15H,5-6,8-9H2,1-2H3/t10-,11-/m1/s1. The fourth-order valence-electron chi connectivity index (χ4n) is 4.12. The lowest BCUT2D eigenvalue weighted by molar-refractivity contribution is 0.137. The molecule has 148 valence electrons. The number of hydrogen-bond donors (Lipinski definition) is 0. The van der Waals surface area contributed by atoms with Crippen molar-refractivity contribution in [3.63, 3.8) is 0 Å². The minimum atomic E-state index is -3.96. The van der Waals surface area contributed by atoms with Crippen LogP contribution in [0, 0.1) is 11.8 Å². The van der Waals surface area contributed by atoms with Crippen molar-refractivity contribution in [1.29, 1.82) is 0 Å². The number of hydrogen-bond acceptors (Lipinski definition) is 5. The normalized spacial score (nSPS) is 24.2. The van der Waals surface area contributed by atoms with Gasteiger partial charge in [-0.15, -0.1) is 0 Å². The Kier molecular flexibility index (Phi) is 4.79. The summed E-state index contributed by atoms with van der Waals surface area (Å²) in [7, 11) is -0.679. The molecule has 7 nitrogen and oxygen atoms in total. The predicted octanol–water partition coefficient (Wildman–Crippen LogP) is 2.28. The molecule has 11 heteroatoms. The Morgan fingerprint density at radius 2 is 1.89 bits per heavy atom. The number of alkyl halides is 2. The third-order valence-electron chi connectivity index (χ3n) is 5.50. The minimum absolute atomic E-state index is 0.254. The molecule has 1 aliphatic heterocycles. The number of aromatic nitrogens is 4. The molecule has 0 radical (unpaired) electrons. The number of fused-ring (bicyclic) bond motifs is 1. The van der Waals surface area contributed by atoms with E-state index in [-0.39, 0.29) is 16.7 Å². The number of halogens is 2. The Hall–Kier alpha value is -1.46. The van der Waals surface area contributed by atoms with Crippen molar-refractivity contribution in [2.75, 3.05) is 13.1 Å². The van der Waals surface area contributed by atoms with E-state index in [4.69, 9.17) is 0 Å². The van der Waals surface area contributed by atoms with Crippen molar-refractivity contribution in [3.05, 3.63) is 24.3 Å². The second-order valence-corrected chi connectivity index (χ2v) is 10.4. The van der Waals surface area contributed by atoms with Crippen LogP contribution in [0.1, 0.15) is 25.0 Å². The van der Waals surface area contributed by atoms with Crippen molar-refractivity contribution in [1.82, 2.24) is 23.6 Å². The Balaban J connectivity index is 1.46. The first-order valence-corrected chi connectivity index (χ1v) is 11.0. The summed E-state index contributed by atoms with van der Waals surface area (Å²) in [6.45, 7) is 0.754. The van der Waals surface area contributed by atoms with Gasteiger partial charge in [-0.25, -0.2) is 22.2 Å². The molecule has 0 bridgehead atoms. The van der Waals surface area contributed by atoms with Crippen LogP contribution >= 0.6 is 11.8 Å². The van der Waals surface area contributed by atoms with Gasteiger partial charge >= 0.3 is 0 Å². The topological polar surface area (TPSA) is 73.0 Å². The molecule has 1 saturated carbocycles. The van der Waals surface area contributed by atoms with Gasteiger partial charge in [0.15, 0.2) is 5.16 Å². The fraction of sp³-hybridized carbons (Fsp3) is 0.625. The number of imidazole rings is 1. The van der Waals surface area contributed by atoms with Gasteiger partial charge in [0, 0.05) is 44.8 Å². The van der Waals surface area contributed by atoms with Gasteiger partial charge in [-0.2, -0.15) is 9.40 Å². The van der Waals surface area contributed by atoms with E-state index in [1.165, 1.54) is 11.4 Å². The molecule has 2 aromatic rings. The van der Waals surface area contributed by atoms with Crippen LogP contribution in [-0.2, 0) is 24.1 Å². The number of thioether (sulfide) groups is 1. The molecule has 0 aromatic carbocycles. The first-order chi connectivity index (χ1) is 12.8. The first-order valence-electron chi connectivity index (χ1n) is 8.71. The second kappa shape index (κ2) is 6.85. The maximum absolute atomic E-state index is 13.3. The Labute approximate surface area is 160 Å². The molecule has 0 N–H and O–H groups in total. The summed E-state index contributed by atoms with van der Waals surface area (Å²) in [6.07, 6.45) is 3.63. The summed E-state index contributed by atoms with van der Waals surface area (Å²) >= 11 is 1.73. The summed E-state index contributed by atoms with van der Waals surface area (Å²) in [5.41, 5.74) is -0.546. The SMILES string of the molecule is Cn1ccnc1SC1C[C@@H]2CN(S(=O)(=O)c3cnn(C)c3C(F)F)C[C@H]2C1. The van der Waals surface area contributed by atoms with Gasteiger partial charge in [0.25, 0.3) is 6.43 Å². The molecule has 1 aliphatic carbocycles. The highest BCUT2D eigenvalue weighted by Gasteiger charge is 2.46. The maximum atomic E-state index is 13.3. The van der Waals surface area contributed by atoms with E-state index in [9.17, 15) is 17.2 Å². The summed E-state index contributed by atoms with van der Waals surface area (Å²) in [6, 6.07) is 0. The van der Waals surface area contributed by atoms with Gasteiger partial charge < -0.3 is 4.57 Å². The molecule has 2 aromatic heterocycles. The summed E-state index contributed by atoms with van der Waals surface area (Å²) < 4.78 is 56.6. The number of sulfonamides is 1. The van der Waals surface area contributed by atoms with Crippen LogP contribution in [0.15, 0.2) is 28.6 Å². The quantitative estimate of drug-likeness (QED) is 0.746. The Morgan fingerprint density at radius 1 is 1.22 bits per heavy atom. The fourth-order valence-corrected chi connectivity index (χ4v) is 7.18. The van der Waals surface area contributed by atoms with Gasteiger partial charge in [0.05, 0.1) is 6.20 Å². The van der Waals surface area contributed by atoms with Gasteiger partial charge in [0.2, 0.25) is 10.0 Å². The summed E-state index contributed by atoms with van der Waals surface area (Å²) in [4.78, 5) is 3.96. The molecule has 4 rings (SSSR count). The number of rotatable bonds is 5. The summed E-state index contributed by atoms with van der Waals surface area (Å²) in [5, 5.41) is 5.09. The average Bonchev–Trinajstić information content (AvgIpc) is 3.32. The number of aryl methyl sites for hydroxylation is 2. The smallest absolute Gasteiger partial charge is 0.281 e. The zero-order valence-corrected chi connectivity index (χ0v) is 16.6. The lowest BCUT2D eigenvalue weighted by atomic mass is 10.0. The maximum Gasteiger partial charge on any atom is 0.281 e. The van der Waals surface area contributed by atoms with Gasteiger partial charge in [-0.1, -0.05) is 11.8 Å². The van der Waals surface area contributed by atoms with E-state index >= 15 is 0 Å². The molecule has 2 aliphatic rings. The molecule has 0 unspecified atom stereocenters. The van der Waals surface area contributed by atoms with Crippen LogP contribution in [-0.4, -0.2) is 50.4 Å². The molecule has 27 heavy (non-hydrogen) atoms. The number of nitrogens with zero attached hydrogens (tertiary/aromatic N) is 5. The third-order valence-corrected chi connectivity index (χ3v) is 8.67. The largest absolute Gasteiger partial charge is 0.329 e. The highest BCUT2D eigenvalue weighted by atomic mass is 32.2. The van der Waals surface area contributed by atoms with E-state index in [1.807, 2.05) is 17.8 Å². The molecular weight excluding hydrogens is 396 g/mol. The van der Waals surface area contributed by atoms with Crippen molar-refractivity contribution < 1.29 is 17.2 Å². The molecule has 2 fully saturated rings. The highest BCUT2D eigenvalue weighted by molar-refractivity contribution is 7.99. The molecule has 3 heterocycles. The molecule has 0 spiro atoms. The zero-order valence-electron chi connectivity index (χ0n) is 15.0. The molecule has 2 atom stereocenters. The lowest BCUT2D eigenvalue weighted by Crippen LogP contribution is -2.31. The van der Waals surface area contributed by atoms with Crippen LogP contribution < -0.4 is 0 Å². The summed E-state index contributed by atoms with van der Waals surface area (Å²) in [5.74, 6) is 0.508. The van der Waals surface area contributed by atoms with Crippen molar-refractivity contribution in [3.8, 4) is 0 Å². The van der Waals surface area contributed by atoms with Crippen LogP contribution in [0.4, 0.5) is 8.78 Å². The van der Waals surface area contributed by atoms with Crippen molar-refractivity contribution in [2.24, 2.45) is 25.9 Å². The van der Waals surface area contributed by atoms with E-state index < -0.39 is 22.1 Å². The predicted molar refractivity (Wildman–Crippen MR) is 96.0 cm³/mol. The second-order valence-electron chi connectivity index (χ2n) is 7.19. The van der Waals surface area contributed by atoms with E-state index in [0.29, 0.717) is 18.3 Å². The van der Waals surface area contributed by atoms with E-state index in [0.717, 1.165) is 28.9 Å². The van der Waals surface area contributed by atoms with Gasteiger partial charge in [-0.3, -0.25) is 4.68 Å². The van der Waals surface area contributed by atoms with Crippen LogP contribution in [0.2, 0.25) is 0 Å². The molecule has 0 amide bonds. The average molecular weight is 418 g/mol. The monoisotopic (exact) mass is 417 g/mol.